The van der Waals surface area contributed by atoms with Crippen molar-refractivity contribution in [3.8, 4) is 0 Å². The molecule has 0 unspecified atom stereocenters. The third kappa shape index (κ3) is 3.30. The minimum Gasteiger partial charge on any atom is -0.355 e. The Kier molecular flexibility index (Phi) is 4.73. The molecular weight excluding hydrogens is 278 g/mol. The van der Waals surface area contributed by atoms with E-state index in [4.69, 9.17) is 0 Å². The van der Waals surface area contributed by atoms with Gasteiger partial charge in [-0.05, 0) is 18.4 Å². The molecule has 0 saturated carbocycles. The molecule has 2 heterocycles. The molecule has 1 N–H and O–H groups in total. The lowest BCUT2D eigenvalue weighted by Gasteiger charge is -2.32. The highest BCUT2D eigenvalue weighted by atomic mass is 16.2. The lowest BCUT2D eigenvalue weighted by atomic mass is 10.0. The fourth-order valence-corrected chi connectivity index (χ4v) is 3.30. The van der Waals surface area contributed by atoms with Crippen molar-refractivity contribution in [1.82, 2.24) is 15.1 Å². The van der Waals surface area contributed by atoms with E-state index in [0.717, 1.165) is 31.5 Å². The molecule has 5 nitrogen and oxygen atoms in total. The molecule has 2 amide bonds. The van der Waals surface area contributed by atoms with Crippen molar-refractivity contribution < 1.29 is 9.59 Å². The molecule has 22 heavy (non-hydrogen) atoms. The van der Waals surface area contributed by atoms with E-state index in [2.05, 4.69) is 10.2 Å². The molecule has 0 aromatic heterocycles. The van der Waals surface area contributed by atoms with E-state index >= 15 is 0 Å². The highest BCUT2D eigenvalue weighted by Crippen LogP contribution is 2.25. The minimum absolute atomic E-state index is 0.0722. The van der Waals surface area contributed by atoms with Crippen LogP contribution in [0.2, 0.25) is 0 Å². The SMILES string of the molecule is O=C1CCN([C@H](C(=O)N2CCCC2)c2ccccc2)CCN1. The zero-order valence-electron chi connectivity index (χ0n) is 12.8. The van der Waals surface area contributed by atoms with Crippen LogP contribution in [0.25, 0.3) is 0 Å². The Balaban J connectivity index is 1.85. The summed E-state index contributed by atoms with van der Waals surface area (Å²) in [6, 6.07) is 9.67. The third-order valence-electron chi connectivity index (χ3n) is 4.48. The fourth-order valence-electron chi connectivity index (χ4n) is 3.30. The summed E-state index contributed by atoms with van der Waals surface area (Å²) in [5.74, 6) is 0.251. The van der Waals surface area contributed by atoms with Crippen LogP contribution in [0.3, 0.4) is 0 Å². The second-order valence-electron chi connectivity index (χ2n) is 5.98. The summed E-state index contributed by atoms with van der Waals surface area (Å²) < 4.78 is 0. The predicted molar refractivity (Wildman–Crippen MR) is 84.2 cm³/mol. The number of amides is 2. The molecule has 1 aromatic carbocycles. The van der Waals surface area contributed by atoms with Gasteiger partial charge in [0.2, 0.25) is 11.8 Å². The minimum atomic E-state index is -0.271. The van der Waals surface area contributed by atoms with E-state index in [1.54, 1.807) is 0 Å². The number of benzene rings is 1. The monoisotopic (exact) mass is 301 g/mol. The van der Waals surface area contributed by atoms with Crippen LogP contribution in [0.4, 0.5) is 0 Å². The summed E-state index contributed by atoms with van der Waals surface area (Å²) in [5, 5.41) is 2.88. The molecule has 0 bridgehead atoms. The maximum atomic E-state index is 13.0. The van der Waals surface area contributed by atoms with Gasteiger partial charge >= 0.3 is 0 Å². The largest absolute Gasteiger partial charge is 0.355 e. The van der Waals surface area contributed by atoms with E-state index in [0.29, 0.717) is 26.1 Å². The molecule has 0 radical (unpaired) electrons. The highest BCUT2D eigenvalue weighted by molar-refractivity contribution is 5.84. The Morgan fingerprint density at radius 2 is 1.77 bits per heavy atom. The van der Waals surface area contributed by atoms with E-state index in [1.165, 1.54) is 0 Å². The smallest absolute Gasteiger partial charge is 0.244 e. The van der Waals surface area contributed by atoms with E-state index in [-0.39, 0.29) is 17.9 Å². The molecule has 2 aliphatic heterocycles. The standard InChI is InChI=1S/C17H23N3O2/c21-15-8-12-19(13-9-18-15)16(14-6-2-1-3-7-14)17(22)20-10-4-5-11-20/h1-3,6-7,16H,4-5,8-13H2,(H,18,21)/t16-/m0/s1. The normalized spacial score (nSPS) is 21.3. The fraction of sp³-hybridized carbons (Fsp3) is 0.529. The second-order valence-corrected chi connectivity index (χ2v) is 5.98. The van der Waals surface area contributed by atoms with Crippen LogP contribution in [-0.2, 0) is 9.59 Å². The molecule has 1 atom stereocenters. The van der Waals surface area contributed by atoms with Gasteiger partial charge in [0, 0.05) is 39.1 Å². The molecule has 2 saturated heterocycles. The number of carbonyl (C=O) groups is 2. The Morgan fingerprint density at radius 1 is 1.05 bits per heavy atom. The maximum absolute atomic E-state index is 13.0. The molecule has 2 aliphatic rings. The van der Waals surface area contributed by atoms with E-state index < -0.39 is 0 Å². The quantitative estimate of drug-likeness (QED) is 0.912. The number of hydrogen-bond donors (Lipinski definition) is 1. The van der Waals surface area contributed by atoms with Gasteiger partial charge < -0.3 is 10.2 Å². The summed E-state index contributed by atoms with van der Waals surface area (Å²) in [5.41, 5.74) is 1.02. The van der Waals surface area contributed by atoms with Gasteiger partial charge in [0.25, 0.3) is 0 Å². The van der Waals surface area contributed by atoms with Crippen molar-refractivity contribution in [1.29, 1.82) is 0 Å². The average Bonchev–Trinajstić information content (AvgIpc) is 3.00. The van der Waals surface area contributed by atoms with Gasteiger partial charge in [-0.15, -0.1) is 0 Å². The van der Waals surface area contributed by atoms with Gasteiger partial charge in [-0.1, -0.05) is 30.3 Å². The summed E-state index contributed by atoms with van der Waals surface area (Å²) in [7, 11) is 0. The van der Waals surface area contributed by atoms with Crippen molar-refractivity contribution in [3.63, 3.8) is 0 Å². The van der Waals surface area contributed by atoms with Crippen molar-refractivity contribution in [2.24, 2.45) is 0 Å². The van der Waals surface area contributed by atoms with E-state index in [1.807, 2.05) is 35.2 Å². The van der Waals surface area contributed by atoms with Crippen molar-refractivity contribution in [2.45, 2.75) is 25.3 Å². The second kappa shape index (κ2) is 6.92. The number of carbonyl (C=O) groups excluding carboxylic acids is 2. The average molecular weight is 301 g/mol. The van der Waals surface area contributed by atoms with Crippen molar-refractivity contribution in [3.05, 3.63) is 35.9 Å². The zero-order chi connectivity index (χ0) is 15.4. The molecule has 5 heteroatoms. The first-order valence-electron chi connectivity index (χ1n) is 8.10. The summed E-state index contributed by atoms with van der Waals surface area (Å²) in [4.78, 5) is 28.7. The van der Waals surface area contributed by atoms with Crippen LogP contribution in [-0.4, -0.2) is 54.3 Å². The van der Waals surface area contributed by atoms with Gasteiger partial charge in [0.15, 0.2) is 0 Å². The van der Waals surface area contributed by atoms with Gasteiger partial charge in [-0.25, -0.2) is 0 Å². The van der Waals surface area contributed by atoms with Gasteiger partial charge in [0.1, 0.15) is 6.04 Å². The van der Waals surface area contributed by atoms with Crippen LogP contribution in [0.15, 0.2) is 30.3 Å². The van der Waals surface area contributed by atoms with Gasteiger partial charge in [-0.3, -0.25) is 14.5 Å². The molecule has 2 fully saturated rings. The van der Waals surface area contributed by atoms with Crippen LogP contribution < -0.4 is 5.32 Å². The lowest BCUT2D eigenvalue weighted by Crippen LogP contribution is -2.43. The van der Waals surface area contributed by atoms with Crippen molar-refractivity contribution >= 4 is 11.8 Å². The Bertz CT molecular complexity index is 526. The number of hydrogen-bond acceptors (Lipinski definition) is 3. The van der Waals surface area contributed by atoms with Gasteiger partial charge in [-0.2, -0.15) is 0 Å². The first-order chi connectivity index (χ1) is 10.8. The van der Waals surface area contributed by atoms with Gasteiger partial charge in [0.05, 0.1) is 0 Å². The molecule has 0 aliphatic carbocycles. The number of likely N-dealkylation sites (tertiary alicyclic amines) is 1. The maximum Gasteiger partial charge on any atom is 0.244 e. The summed E-state index contributed by atoms with van der Waals surface area (Å²) >= 11 is 0. The van der Waals surface area contributed by atoms with Crippen LogP contribution in [0.1, 0.15) is 30.9 Å². The zero-order valence-corrected chi connectivity index (χ0v) is 12.8. The summed E-state index contributed by atoms with van der Waals surface area (Å²) in [6.45, 7) is 3.66. The Morgan fingerprint density at radius 3 is 2.50 bits per heavy atom. The lowest BCUT2D eigenvalue weighted by molar-refractivity contribution is -0.136. The van der Waals surface area contributed by atoms with E-state index in [9.17, 15) is 9.59 Å². The van der Waals surface area contributed by atoms with Crippen LogP contribution in [0, 0.1) is 0 Å². The first kappa shape index (κ1) is 15.0. The Labute approximate surface area is 131 Å². The summed E-state index contributed by atoms with van der Waals surface area (Å²) in [6.07, 6.45) is 2.64. The highest BCUT2D eigenvalue weighted by Gasteiger charge is 2.33. The third-order valence-corrected chi connectivity index (χ3v) is 4.48. The van der Waals surface area contributed by atoms with Crippen molar-refractivity contribution in [2.75, 3.05) is 32.7 Å². The predicted octanol–water partition coefficient (Wildman–Crippen LogP) is 1.17. The molecule has 118 valence electrons. The van der Waals surface area contributed by atoms with Crippen LogP contribution in [0.5, 0.6) is 0 Å². The molecule has 0 spiro atoms. The number of nitrogens with zero attached hydrogens (tertiary/aromatic N) is 2. The number of rotatable bonds is 3. The molecular formula is C17H23N3O2. The molecule has 1 aromatic rings. The molecule has 3 rings (SSSR count). The Hall–Kier alpha value is -1.88. The first-order valence-corrected chi connectivity index (χ1v) is 8.10. The number of nitrogens with one attached hydrogen (secondary N) is 1. The van der Waals surface area contributed by atoms with Crippen LogP contribution >= 0.6 is 0 Å². The topological polar surface area (TPSA) is 52.7 Å².